The van der Waals surface area contributed by atoms with E-state index in [0.717, 1.165) is 135 Å². The van der Waals surface area contributed by atoms with Crippen LogP contribution in [0.1, 0.15) is 207 Å². The molecule has 1 atom stereocenters. The van der Waals surface area contributed by atoms with Gasteiger partial charge in [0.2, 0.25) is 0 Å². The second-order valence-corrected chi connectivity index (χ2v) is 15.3. The summed E-state index contributed by atoms with van der Waals surface area (Å²) in [5.74, 6) is -0.962. The molecule has 58 heavy (non-hydrogen) atoms. The molecule has 0 aliphatic carbocycles. The number of hydrogen-bond donors (Lipinski definition) is 0. The Labute approximate surface area is 356 Å². The van der Waals surface area contributed by atoms with Crippen LogP contribution in [0.25, 0.3) is 0 Å². The maximum atomic E-state index is 12.7. The fourth-order valence-corrected chi connectivity index (χ4v) is 6.08. The van der Waals surface area contributed by atoms with Crippen LogP contribution in [0.4, 0.5) is 0 Å². The summed E-state index contributed by atoms with van der Waals surface area (Å²) in [7, 11) is 0. The average Bonchev–Trinajstić information content (AvgIpc) is 3.22. The fraction of sp³-hybridized carbons (Fsp3) is 0.673. The summed E-state index contributed by atoms with van der Waals surface area (Å²) in [5.41, 5.74) is 0. The molecule has 1 unspecified atom stereocenters. The summed E-state index contributed by atoms with van der Waals surface area (Å²) in [5, 5.41) is 0. The van der Waals surface area contributed by atoms with Gasteiger partial charge < -0.3 is 14.2 Å². The van der Waals surface area contributed by atoms with Crippen molar-refractivity contribution in [2.24, 2.45) is 0 Å². The molecule has 0 N–H and O–H groups in total. The second kappa shape index (κ2) is 46.3. The normalized spacial score (nSPS) is 12.8. The molecule has 6 nitrogen and oxygen atoms in total. The highest BCUT2D eigenvalue weighted by Crippen LogP contribution is 2.12. The zero-order valence-corrected chi connectivity index (χ0v) is 37.5. The van der Waals surface area contributed by atoms with E-state index in [-0.39, 0.29) is 31.1 Å². The van der Waals surface area contributed by atoms with Crippen molar-refractivity contribution in [1.82, 2.24) is 0 Å². The van der Waals surface area contributed by atoms with Gasteiger partial charge in [-0.15, -0.1) is 0 Å². The Morgan fingerprint density at radius 2 is 0.672 bits per heavy atom. The van der Waals surface area contributed by atoms with Crippen LogP contribution in [-0.4, -0.2) is 37.2 Å². The van der Waals surface area contributed by atoms with Crippen molar-refractivity contribution in [3.63, 3.8) is 0 Å². The van der Waals surface area contributed by atoms with Gasteiger partial charge in [0.05, 0.1) is 0 Å². The summed E-state index contributed by atoms with van der Waals surface area (Å²) in [6.07, 6.45) is 58.8. The van der Waals surface area contributed by atoms with Crippen LogP contribution in [0.15, 0.2) is 85.1 Å². The van der Waals surface area contributed by atoms with Crippen molar-refractivity contribution in [2.75, 3.05) is 13.2 Å². The van der Waals surface area contributed by atoms with Gasteiger partial charge >= 0.3 is 17.9 Å². The van der Waals surface area contributed by atoms with E-state index in [1.165, 1.54) is 32.1 Å². The summed E-state index contributed by atoms with van der Waals surface area (Å²) in [4.78, 5) is 37.5. The maximum Gasteiger partial charge on any atom is 0.306 e. The minimum absolute atomic E-state index is 0.0949. The molecule has 0 aliphatic rings. The van der Waals surface area contributed by atoms with E-state index >= 15 is 0 Å². The number of unbranched alkanes of at least 4 members (excludes halogenated alkanes) is 16. The first-order valence-electron chi connectivity index (χ1n) is 23.6. The average molecular weight is 807 g/mol. The molecule has 0 spiro atoms. The van der Waals surface area contributed by atoms with Crippen LogP contribution in [0.3, 0.4) is 0 Å². The molecule has 0 radical (unpaired) electrons. The van der Waals surface area contributed by atoms with Gasteiger partial charge in [-0.05, 0) is 96.3 Å². The van der Waals surface area contributed by atoms with E-state index in [0.29, 0.717) is 19.3 Å². The standard InChI is InChI=1S/C52H86O6/c1-4-7-10-13-15-17-19-21-23-25-26-27-29-30-32-34-36-39-42-45-51(54)57-48-49(47-56-50(53)44-41-38-12-9-6-3)58-52(55)46-43-40-37-35-33-31-28-24-22-20-18-16-14-11-8-5-2/h7,10,15,17-18,20-21,23-24,26-28,30,32,49H,4-6,8-9,11-14,16,19,22,25,29,31,33-48H2,1-3H3/b10-7-,17-15-,20-18-,23-21-,27-26-,28-24-,32-30-. The van der Waals surface area contributed by atoms with Crippen LogP contribution in [-0.2, 0) is 28.6 Å². The number of ether oxygens (including phenoxy) is 3. The molecule has 0 fully saturated rings. The van der Waals surface area contributed by atoms with Crippen molar-refractivity contribution in [1.29, 1.82) is 0 Å². The summed E-state index contributed by atoms with van der Waals surface area (Å²) < 4.78 is 16.6. The first-order valence-corrected chi connectivity index (χ1v) is 23.6. The monoisotopic (exact) mass is 807 g/mol. The third-order valence-corrected chi connectivity index (χ3v) is 9.63. The molecule has 0 saturated heterocycles. The fourth-order valence-electron chi connectivity index (χ4n) is 6.08. The molecule has 0 aliphatic heterocycles. The molecule has 0 rings (SSSR count). The van der Waals surface area contributed by atoms with Crippen molar-refractivity contribution in [3.05, 3.63) is 85.1 Å². The molecule has 0 aromatic heterocycles. The van der Waals surface area contributed by atoms with Gasteiger partial charge in [0.1, 0.15) is 13.2 Å². The zero-order chi connectivity index (χ0) is 42.3. The van der Waals surface area contributed by atoms with Crippen molar-refractivity contribution < 1.29 is 28.6 Å². The Morgan fingerprint density at radius 3 is 1.09 bits per heavy atom. The van der Waals surface area contributed by atoms with Crippen molar-refractivity contribution in [3.8, 4) is 0 Å². The summed E-state index contributed by atoms with van der Waals surface area (Å²) in [6.45, 7) is 6.36. The van der Waals surface area contributed by atoms with Gasteiger partial charge in [-0.25, -0.2) is 0 Å². The first-order chi connectivity index (χ1) is 28.5. The van der Waals surface area contributed by atoms with Crippen LogP contribution < -0.4 is 0 Å². The molecular formula is C52H86O6. The second-order valence-electron chi connectivity index (χ2n) is 15.3. The van der Waals surface area contributed by atoms with E-state index in [2.05, 4.69) is 106 Å². The minimum Gasteiger partial charge on any atom is -0.462 e. The van der Waals surface area contributed by atoms with Crippen LogP contribution in [0.5, 0.6) is 0 Å². The third kappa shape index (κ3) is 43.7. The smallest absolute Gasteiger partial charge is 0.306 e. The van der Waals surface area contributed by atoms with Crippen LogP contribution in [0, 0.1) is 0 Å². The van der Waals surface area contributed by atoms with Crippen molar-refractivity contribution >= 4 is 17.9 Å². The Balaban J connectivity index is 4.31. The maximum absolute atomic E-state index is 12.7. The lowest BCUT2D eigenvalue weighted by Gasteiger charge is -2.18. The quantitative estimate of drug-likeness (QED) is 0.0265. The van der Waals surface area contributed by atoms with E-state index in [4.69, 9.17) is 14.2 Å². The minimum atomic E-state index is -0.793. The van der Waals surface area contributed by atoms with E-state index in [1.54, 1.807) is 0 Å². The highest BCUT2D eigenvalue weighted by atomic mass is 16.6. The molecule has 0 heterocycles. The topological polar surface area (TPSA) is 78.9 Å². The predicted octanol–water partition coefficient (Wildman–Crippen LogP) is 15.3. The third-order valence-electron chi connectivity index (χ3n) is 9.63. The lowest BCUT2D eigenvalue weighted by atomic mass is 10.1. The number of allylic oxidation sites excluding steroid dienone is 14. The molecular weight excluding hydrogens is 721 g/mol. The largest absolute Gasteiger partial charge is 0.462 e. The van der Waals surface area contributed by atoms with E-state index in [1.807, 2.05) is 0 Å². The Hall–Kier alpha value is -3.41. The lowest BCUT2D eigenvalue weighted by Crippen LogP contribution is -2.30. The number of carbonyl (C=O) groups is 3. The van der Waals surface area contributed by atoms with Gasteiger partial charge in [-0.3, -0.25) is 14.4 Å². The first kappa shape index (κ1) is 54.6. The molecule has 0 saturated carbocycles. The van der Waals surface area contributed by atoms with E-state index in [9.17, 15) is 14.4 Å². The van der Waals surface area contributed by atoms with Gasteiger partial charge in [0.25, 0.3) is 0 Å². The van der Waals surface area contributed by atoms with Gasteiger partial charge in [-0.2, -0.15) is 0 Å². The van der Waals surface area contributed by atoms with Gasteiger partial charge in [-0.1, -0.05) is 176 Å². The molecule has 0 amide bonds. The Bertz CT molecular complexity index is 1160. The van der Waals surface area contributed by atoms with Crippen molar-refractivity contribution in [2.45, 2.75) is 213 Å². The predicted molar refractivity (Wildman–Crippen MR) is 247 cm³/mol. The number of carbonyl (C=O) groups excluding carboxylic acids is 3. The van der Waals surface area contributed by atoms with Crippen LogP contribution >= 0.6 is 0 Å². The van der Waals surface area contributed by atoms with E-state index < -0.39 is 6.10 Å². The molecule has 0 bridgehead atoms. The summed E-state index contributed by atoms with van der Waals surface area (Å²) >= 11 is 0. The van der Waals surface area contributed by atoms with Gasteiger partial charge in [0.15, 0.2) is 6.10 Å². The van der Waals surface area contributed by atoms with Gasteiger partial charge in [0, 0.05) is 19.3 Å². The number of esters is 3. The number of rotatable bonds is 41. The Morgan fingerprint density at radius 1 is 0.362 bits per heavy atom. The number of hydrogen-bond acceptors (Lipinski definition) is 6. The molecule has 6 heteroatoms. The zero-order valence-electron chi connectivity index (χ0n) is 37.5. The molecule has 0 aromatic rings. The Kier molecular flexibility index (Phi) is 43.6. The SMILES string of the molecule is CC/C=C\C/C=C\C/C=C\C/C=C\C/C=C\CCCCCC(=O)OCC(COC(=O)CCCCCCC)OC(=O)CCCCCCC/C=C\C/C=C\CCCCCC. The highest BCUT2D eigenvalue weighted by molar-refractivity contribution is 5.71. The van der Waals surface area contributed by atoms with Crippen LogP contribution in [0.2, 0.25) is 0 Å². The summed E-state index contributed by atoms with van der Waals surface area (Å²) in [6, 6.07) is 0. The lowest BCUT2D eigenvalue weighted by molar-refractivity contribution is -0.167. The molecule has 0 aromatic carbocycles. The molecule has 330 valence electrons. The highest BCUT2D eigenvalue weighted by Gasteiger charge is 2.19.